The summed E-state index contributed by atoms with van der Waals surface area (Å²) < 4.78 is 4.67. The second-order valence-corrected chi connectivity index (χ2v) is 2.87. The minimum absolute atomic E-state index is 0.206. The number of hydrogen-bond donors (Lipinski definition) is 2. The molecule has 0 aromatic rings. The largest absolute Gasteiger partial charge is 0.459 e. The van der Waals surface area contributed by atoms with Crippen molar-refractivity contribution in [2.24, 2.45) is 0 Å². The molecule has 0 saturated carbocycles. The van der Waals surface area contributed by atoms with Gasteiger partial charge in [0.25, 0.3) is 0 Å². The molecule has 0 bridgehead atoms. The van der Waals surface area contributed by atoms with Gasteiger partial charge in [0, 0.05) is 5.57 Å². The van der Waals surface area contributed by atoms with Crippen molar-refractivity contribution in [3.05, 3.63) is 24.8 Å². The molecule has 1 unspecified atom stereocenters. The molecular formula is C10H16O4. The Bertz CT molecular complexity index is 210. The van der Waals surface area contributed by atoms with Crippen LogP contribution < -0.4 is 0 Å². The Balaban J connectivity index is 3.72. The van der Waals surface area contributed by atoms with E-state index in [4.69, 9.17) is 10.2 Å². The lowest BCUT2D eigenvalue weighted by molar-refractivity contribution is -0.142. The van der Waals surface area contributed by atoms with Crippen molar-refractivity contribution < 1.29 is 19.7 Å². The lowest BCUT2D eigenvalue weighted by Gasteiger charge is -2.09. The minimum Gasteiger partial charge on any atom is -0.459 e. The van der Waals surface area contributed by atoms with Crippen LogP contribution in [0.3, 0.4) is 0 Å². The standard InChI is InChI=1S/C10H16O4/c1-3-4-5-8(2)10(13)14-7-9(12)6-11/h3,9,11-12H,1-2,4-7H2. The van der Waals surface area contributed by atoms with Crippen molar-refractivity contribution in [3.63, 3.8) is 0 Å². The van der Waals surface area contributed by atoms with Gasteiger partial charge in [-0.1, -0.05) is 12.7 Å². The van der Waals surface area contributed by atoms with E-state index in [0.29, 0.717) is 18.4 Å². The summed E-state index contributed by atoms with van der Waals surface area (Å²) in [7, 11) is 0. The smallest absolute Gasteiger partial charge is 0.333 e. The molecule has 0 aromatic heterocycles. The van der Waals surface area contributed by atoms with E-state index in [1.54, 1.807) is 6.08 Å². The van der Waals surface area contributed by atoms with E-state index in [1.165, 1.54) is 0 Å². The molecule has 0 aliphatic carbocycles. The van der Waals surface area contributed by atoms with E-state index in [-0.39, 0.29) is 6.61 Å². The molecule has 0 saturated heterocycles. The maximum atomic E-state index is 11.1. The third-order valence-electron chi connectivity index (χ3n) is 1.56. The summed E-state index contributed by atoms with van der Waals surface area (Å²) in [6.07, 6.45) is 1.82. The number of esters is 1. The molecule has 0 spiro atoms. The third kappa shape index (κ3) is 5.50. The summed E-state index contributed by atoms with van der Waals surface area (Å²) in [5.41, 5.74) is 0.343. The van der Waals surface area contributed by atoms with Crippen LogP contribution in [0, 0.1) is 0 Å². The maximum absolute atomic E-state index is 11.1. The summed E-state index contributed by atoms with van der Waals surface area (Å²) in [6.45, 7) is 6.41. The van der Waals surface area contributed by atoms with E-state index in [2.05, 4.69) is 17.9 Å². The van der Waals surface area contributed by atoms with E-state index in [9.17, 15) is 4.79 Å². The average molecular weight is 200 g/mol. The number of hydrogen-bond acceptors (Lipinski definition) is 4. The Morgan fingerprint density at radius 2 is 2.21 bits per heavy atom. The molecule has 0 aromatic carbocycles. The molecule has 2 N–H and O–H groups in total. The lowest BCUT2D eigenvalue weighted by atomic mass is 10.2. The highest BCUT2D eigenvalue weighted by Gasteiger charge is 2.10. The average Bonchev–Trinajstić information content (AvgIpc) is 2.21. The Labute approximate surface area is 83.5 Å². The number of aliphatic hydroxyl groups is 2. The van der Waals surface area contributed by atoms with Gasteiger partial charge >= 0.3 is 5.97 Å². The quantitative estimate of drug-likeness (QED) is 0.355. The predicted octanol–water partition coefficient (Wildman–Crippen LogP) is 0.405. The van der Waals surface area contributed by atoms with Gasteiger partial charge in [0.15, 0.2) is 0 Å². The molecule has 14 heavy (non-hydrogen) atoms. The van der Waals surface area contributed by atoms with Crippen LogP contribution in [0.15, 0.2) is 24.8 Å². The fraction of sp³-hybridized carbons (Fsp3) is 0.500. The van der Waals surface area contributed by atoms with Crippen molar-refractivity contribution in [2.45, 2.75) is 18.9 Å². The molecular weight excluding hydrogens is 184 g/mol. The van der Waals surface area contributed by atoms with Gasteiger partial charge in [-0.15, -0.1) is 6.58 Å². The zero-order chi connectivity index (χ0) is 11.0. The maximum Gasteiger partial charge on any atom is 0.333 e. The van der Waals surface area contributed by atoms with Crippen LogP contribution >= 0.6 is 0 Å². The highest BCUT2D eigenvalue weighted by atomic mass is 16.5. The van der Waals surface area contributed by atoms with Crippen molar-refractivity contribution in [2.75, 3.05) is 13.2 Å². The first kappa shape index (κ1) is 12.9. The van der Waals surface area contributed by atoms with Gasteiger partial charge in [0.1, 0.15) is 12.7 Å². The third-order valence-corrected chi connectivity index (χ3v) is 1.56. The molecule has 4 heteroatoms. The van der Waals surface area contributed by atoms with Gasteiger partial charge < -0.3 is 14.9 Å². The summed E-state index contributed by atoms with van der Waals surface area (Å²) in [6, 6.07) is 0. The number of rotatable bonds is 7. The molecule has 0 amide bonds. The van der Waals surface area contributed by atoms with Crippen molar-refractivity contribution in [1.29, 1.82) is 0 Å². The molecule has 0 heterocycles. The fourth-order valence-corrected chi connectivity index (χ4v) is 0.705. The van der Waals surface area contributed by atoms with Gasteiger partial charge in [-0.05, 0) is 12.8 Å². The molecule has 4 nitrogen and oxygen atoms in total. The van der Waals surface area contributed by atoms with Gasteiger partial charge in [-0.25, -0.2) is 4.79 Å². The topological polar surface area (TPSA) is 66.8 Å². The minimum atomic E-state index is -1.02. The summed E-state index contributed by atoms with van der Waals surface area (Å²) in [4.78, 5) is 11.1. The van der Waals surface area contributed by atoms with Gasteiger partial charge in [0.2, 0.25) is 0 Å². The van der Waals surface area contributed by atoms with Crippen LogP contribution in [0.2, 0.25) is 0 Å². The highest BCUT2D eigenvalue weighted by Crippen LogP contribution is 2.05. The first-order valence-corrected chi connectivity index (χ1v) is 4.36. The molecule has 0 aliphatic heterocycles. The van der Waals surface area contributed by atoms with Gasteiger partial charge in [-0.3, -0.25) is 0 Å². The summed E-state index contributed by atoms with van der Waals surface area (Å²) >= 11 is 0. The van der Waals surface area contributed by atoms with E-state index in [1.807, 2.05) is 0 Å². The first-order valence-electron chi connectivity index (χ1n) is 4.36. The molecule has 1 atom stereocenters. The Morgan fingerprint density at radius 3 is 2.71 bits per heavy atom. The second kappa shape index (κ2) is 7.29. The zero-order valence-corrected chi connectivity index (χ0v) is 8.11. The van der Waals surface area contributed by atoms with E-state index >= 15 is 0 Å². The van der Waals surface area contributed by atoms with Crippen LogP contribution in [0.4, 0.5) is 0 Å². The molecule has 0 aliphatic rings. The van der Waals surface area contributed by atoms with Gasteiger partial charge in [-0.2, -0.15) is 0 Å². The molecule has 0 rings (SSSR count). The Morgan fingerprint density at radius 1 is 1.57 bits per heavy atom. The number of carbonyl (C=O) groups is 1. The molecule has 80 valence electrons. The number of aliphatic hydroxyl groups excluding tert-OH is 2. The monoisotopic (exact) mass is 200 g/mol. The number of allylic oxidation sites excluding steroid dienone is 1. The zero-order valence-electron chi connectivity index (χ0n) is 8.11. The SMILES string of the molecule is C=CCCC(=C)C(=O)OCC(O)CO. The summed E-state index contributed by atoms with van der Waals surface area (Å²) in [5, 5.41) is 17.3. The van der Waals surface area contributed by atoms with Crippen LogP contribution in [0.25, 0.3) is 0 Å². The van der Waals surface area contributed by atoms with Crippen LogP contribution in [0.1, 0.15) is 12.8 Å². The predicted molar refractivity (Wildman–Crippen MR) is 52.6 cm³/mol. The highest BCUT2D eigenvalue weighted by molar-refractivity contribution is 5.87. The lowest BCUT2D eigenvalue weighted by Crippen LogP contribution is -2.22. The van der Waals surface area contributed by atoms with Crippen molar-refractivity contribution in [3.8, 4) is 0 Å². The Kier molecular flexibility index (Phi) is 6.70. The fourth-order valence-electron chi connectivity index (χ4n) is 0.705. The molecule has 0 fully saturated rings. The van der Waals surface area contributed by atoms with Crippen molar-refractivity contribution in [1.82, 2.24) is 0 Å². The van der Waals surface area contributed by atoms with Crippen LogP contribution in [-0.4, -0.2) is 35.5 Å². The molecule has 0 radical (unpaired) electrons. The van der Waals surface area contributed by atoms with E-state index < -0.39 is 18.7 Å². The van der Waals surface area contributed by atoms with Crippen LogP contribution in [0.5, 0.6) is 0 Å². The second-order valence-electron chi connectivity index (χ2n) is 2.87. The van der Waals surface area contributed by atoms with E-state index in [0.717, 1.165) is 0 Å². The van der Waals surface area contributed by atoms with Gasteiger partial charge in [0.05, 0.1) is 6.61 Å². The first-order chi connectivity index (χ1) is 6.61. The van der Waals surface area contributed by atoms with Crippen LogP contribution in [-0.2, 0) is 9.53 Å². The number of carbonyl (C=O) groups excluding carboxylic acids is 1. The normalized spacial score (nSPS) is 11.9. The van der Waals surface area contributed by atoms with Crippen molar-refractivity contribution >= 4 is 5.97 Å². The Hall–Kier alpha value is -1.13. The summed E-state index contributed by atoms with van der Waals surface area (Å²) in [5.74, 6) is -0.542. The number of ether oxygens (including phenoxy) is 1.